The molecule has 0 unspecified atom stereocenters. The zero-order valence-electron chi connectivity index (χ0n) is 16.9. The van der Waals surface area contributed by atoms with E-state index < -0.39 is 11.9 Å². The van der Waals surface area contributed by atoms with Gasteiger partial charge in [0.25, 0.3) is 0 Å². The second-order valence-corrected chi connectivity index (χ2v) is 6.71. The van der Waals surface area contributed by atoms with Gasteiger partial charge in [0.1, 0.15) is 11.5 Å². The minimum Gasteiger partial charge on any atom is -0.423 e. The molecule has 0 spiro atoms. The number of hydrogen-bond acceptors (Lipinski definition) is 6. The Bertz CT molecular complexity index is 1160. The van der Waals surface area contributed by atoms with E-state index in [1.807, 2.05) is 12.1 Å². The van der Waals surface area contributed by atoms with Gasteiger partial charge in [0.05, 0.1) is 22.5 Å². The van der Waals surface area contributed by atoms with Gasteiger partial charge in [-0.15, -0.1) is 0 Å². The molecule has 32 heavy (non-hydrogen) atoms. The van der Waals surface area contributed by atoms with E-state index in [0.29, 0.717) is 34.0 Å². The van der Waals surface area contributed by atoms with Crippen LogP contribution in [0.15, 0.2) is 119 Å². The molecular weight excluding hydrogens is 404 g/mol. The number of rotatable bonds is 6. The number of carbonyl (C=O) groups is 2. The number of azo groups is 1. The predicted octanol–water partition coefficient (Wildman–Crippen LogP) is 6.54. The number of esters is 2. The van der Waals surface area contributed by atoms with Gasteiger partial charge in [-0.1, -0.05) is 48.5 Å². The van der Waals surface area contributed by atoms with E-state index in [-0.39, 0.29) is 0 Å². The van der Waals surface area contributed by atoms with Crippen molar-refractivity contribution in [3.8, 4) is 11.5 Å². The molecule has 0 radical (unpaired) electrons. The Hall–Kier alpha value is -4.58. The number of benzene rings is 4. The quantitative estimate of drug-likeness (QED) is 0.201. The summed E-state index contributed by atoms with van der Waals surface area (Å²) in [5, 5.41) is 8.38. The summed E-state index contributed by atoms with van der Waals surface area (Å²) in [6.45, 7) is 0. The van der Waals surface area contributed by atoms with Gasteiger partial charge in [-0.05, 0) is 48.5 Å². The van der Waals surface area contributed by atoms with Gasteiger partial charge in [-0.25, -0.2) is 9.59 Å². The van der Waals surface area contributed by atoms with Crippen LogP contribution in [0.4, 0.5) is 11.4 Å². The molecule has 4 aromatic rings. The molecule has 156 valence electrons. The topological polar surface area (TPSA) is 77.3 Å². The molecule has 6 heteroatoms. The molecule has 0 heterocycles. The minimum atomic E-state index is -0.451. The first-order valence-electron chi connectivity index (χ1n) is 9.84. The third-order valence-corrected chi connectivity index (χ3v) is 4.36. The Labute approximate surface area is 184 Å². The van der Waals surface area contributed by atoms with Crippen LogP contribution in [0.1, 0.15) is 20.7 Å². The Morgan fingerprint density at radius 1 is 0.500 bits per heavy atom. The van der Waals surface area contributed by atoms with Crippen LogP contribution >= 0.6 is 0 Å². The lowest BCUT2D eigenvalue weighted by atomic mass is 10.2. The van der Waals surface area contributed by atoms with Crippen LogP contribution in [0.3, 0.4) is 0 Å². The summed E-state index contributed by atoms with van der Waals surface area (Å²) < 4.78 is 10.8. The average molecular weight is 422 g/mol. The summed E-state index contributed by atoms with van der Waals surface area (Å²) in [5.41, 5.74) is 1.94. The fourth-order valence-corrected chi connectivity index (χ4v) is 2.81. The van der Waals surface area contributed by atoms with Crippen LogP contribution < -0.4 is 9.47 Å². The van der Waals surface area contributed by atoms with E-state index in [0.717, 1.165) is 0 Å². The van der Waals surface area contributed by atoms with Crippen molar-refractivity contribution in [1.29, 1.82) is 0 Å². The summed E-state index contributed by atoms with van der Waals surface area (Å²) in [6.07, 6.45) is 0. The molecule has 0 aliphatic carbocycles. The average Bonchev–Trinajstić information content (AvgIpc) is 2.84. The monoisotopic (exact) mass is 422 g/mol. The zero-order chi connectivity index (χ0) is 22.2. The van der Waals surface area contributed by atoms with Gasteiger partial charge in [0.2, 0.25) is 0 Å². The van der Waals surface area contributed by atoms with Crippen LogP contribution in [0.25, 0.3) is 0 Å². The highest BCUT2D eigenvalue weighted by Crippen LogP contribution is 2.25. The molecule has 0 amide bonds. The molecule has 0 aromatic heterocycles. The fourth-order valence-electron chi connectivity index (χ4n) is 2.81. The SMILES string of the molecule is O=C(Oc1cccc(N=Nc2cccc(OC(=O)c3ccccc3)c2)c1)c1ccccc1. The molecule has 4 aromatic carbocycles. The first-order chi connectivity index (χ1) is 15.7. The van der Waals surface area contributed by atoms with E-state index in [1.54, 1.807) is 97.1 Å². The number of ether oxygens (including phenoxy) is 2. The number of hydrogen-bond donors (Lipinski definition) is 0. The Kier molecular flexibility index (Phi) is 6.43. The lowest BCUT2D eigenvalue weighted by Gasteiger charge is -2.05. The van der Waals surface area contributed by atoms with Gasteiger partial charge in [-0.3, -0.25) is 0 Å². The third-order valence-electron chi connectivity index (χ3n) is 4.36. The highest BCUT2D eigenvalue weighted by molar-refractivity contribution is 5.91. The maximum Gasteiger partial charge on any atom is 0.343 e. The van der Waals surface area contributed by atoms with Crippen molar-refractivity contribution >= 4 is 23.3 Å². The van der Waals surface area contributed by atoms with E-state index in [4.69, 9.17) is 9.47 Å². The third kappa shape index (κ3) is 5.52. The molecule has 0 saturated carbocycles. The highest BCUT2D eigenvalue weighted by atomic mass is 16.5. The largest absolute Gasteiger partial charge is 0.423 e. The van der Waals surface area contributed by atoms with Crippen molar-refractivity contribution < 1.29 is 19.1 Å². The Morgan fingerprint density at radius 2 is 0.906 bits per heavy atom. The molecular formula is C26H18N2O4. The highest BCUT2D eigenvalue weighted by Gasteiger charge is 2.09. The van der Waals surface area contributed by atoms with Crippen LogP contribution in [0.5, 0.6) is 11.5 Å². The van der Waals surface area contributed by atoms with Crippen LogP contribution in [-0.4, -0.2) is 11.9 Å². The normalized spacial score (nSPS) is 10.6. The molecule has 6 nitrogen and oxygen atoms in total. The maximum atomic E-state index is 12.2. The fraction of sp³-hybridized carbons (Fsp3) is 0. The van der Waals surface area contributed by atoms with Crippen molar-refractivity contribution in [1.82, 2.24) is 0 Å². The summed E-state index contributed by atoms with van der Waals surface area (Å²) >= 11 is 0. The van der Waals surface area contributed by atoms with Gasteiger partial charge in [0, 0.05) is 12.1 Å². The molecule has 0 aliphatic heterocycles. The second-order valence-electron chi connectivity index (χ2n) is 6.71. The maximum absolute atomic E-state index is 12.2. The molecule has 0 atom stereocenters. The van der Waals surface area contributed by atoms with Crippen molar-refractivity contribution in [2.24, 2.45) is 10.2 Å². The second kappa shape index (κ2) is 9.95. The molecule has 0 aliphatic rings. The molecule has 0 saturated heterocycles. The summed E-state index contributed by atoms with van der Waals surface area (Å²) in [6, 6.07) is 31.0. The zero-order valence-corrected chi connectivity index (χ0v) is 16.9. The van der Waals surface area contributed by atoms with E-state index >= 15 is 0 Å². The Balaban J connectivity index is 1.43. The predicted molar refractivity (Wildman–Crippen MR) is 120 cm³/mol. The van der Waals surface area contributed by atoms with Crippen molar-refractivity contribution in [2.45, 2.75) is 0 Å². The van der Waals surface area contributed by atoms with Gasteiger partial charge in [-0.2, -0.15) is 10.2 Å². The van der Waals surface area contributed by atoms with Gasteiger partial charge >= 0.3 is 11.9 Å². The van der Waals surface area contributed by atoms with Crippen molar-refractivity contribution in [2.75, 3.05) is 0 Å². The van der Waals surface area contributed by atoms with Crippen LogP contribution in [0, 0.1) is 0 Å². The van der Waals surface area contributed by atoms with Crippen LogP contribution in [0.2, 0.25) is 0 Å². The van der Waals surface area contributed by atoms with Gasteiger partial charge < -0.3 is 9.47 Å². The van der Waals surface area contributed by atoms with E-state index in [1.165, 1.54) is 0 Å². The summed E-state index contributed by atoms with van der Waals surface area (Å²) in [5.74, 6) is -0.179. The molecule has 0 fully saturated rings. The number of nitrogens with zero attached hydrogens (tertiary/aromatic N) is 2. The van der Waals surface area contributed by atoms with E-state index in [2.05, 4.69) is 10.2 Å². The molecule has 0 N–H and O–H groups in total. The smallest absolute Gasteiger partial charge is 0.343 e. The van der Waals surface area contributed by atoms with Crippen molar-refractivity contribution in [3.05, 3.63) is 120 Å². The number of carbonyl (C=O) groups excluding carboxylic acids is 2. The molecule has 0 bridgehead atoms. The van der Waals surface area contributed by atoms with Crippen molar-refractivity contribution in [3.63, 3.8) is 0 Å². The molecule has 4 rings (SSSR count). The van der Waals surface area contributed by atoms with E-state index in [9.17, 15) is 9.59 Å². The summed E-state index contributed by atoms with van der Waals surface area (Å²) in [4.78, 5) is 24.4. The van der Waals surface area contributed by atoms with Gasteiger partial charge in [0.15, 0.2) is 0 Å². The first kappa shape index (κ1) is 20.7. The lowest BCUT2D eigenvalue weighted by Crippen LogP contribution is -2.07. The van der Waals surface area contributed by atoms with Crippen LogP contribution in [-0.2, 0) is 0 Å². The first-order valence-corrected chi connectivity index (χ1v) is 9.84. The standard InChI is InChI=1S/C26H18N2O4/c29-25(19-9-3-1-4-10-19)31-23-15-7-13-21(17-23)27-28-22-14-8-16-24(18-22)32-26(30)20-11-5-2-6-12-20/h1-18H. The summed E-state index contributed by atoms with van der Waals surface area (Å²) in [7, 11) is 0. The lowest BCUT2D eigenvalue weighted by molar-refractivity contribution is 0.0725. The Morgan fingerprint density at radius 3 is 1.31 bits per heavy atom. The minimum absolute atomic E-state index is 0.362.